The van der Waals surface area contributed by atoms with E-state index in [4.69, 9.17) is 4.74 Å². The molecular weight excluding hydrogens is 128 g/mol. The molecule has 0 spiro atoms. The van der Waals surface area contributed by atoms with Crippen LogP contribution in [-0.4, -0.2) is 12.6 Å². The Morgan fingerprint density at radius 3 is 2.90 bits per heavy atom. The lowest BCUT2D eigenvalue weighted by Gasteiger charge is -1.97. The van der Waals surface area contributed by atoms with Crippen molar-refractivity contribution in [3.05, 3.63) is 12.2 Å². The van der Waals surface area contributed by atoms with E-state index in [9.17, 15) is 4.79 Å². The molecule has 0 aromatic heterocycles. The molecule has 0 unspecified atom stereocenters. The van der Waals surface area contributed by atoms with Gasteiger partial charge in [0.15, 0.2) is 0 Å². The number of hydrogen-bond donors (Lipinski definition) is 0. The Kier molecular flexibility index (Phi) is 5.83. The van der Waals surface area contributed by atoms with Gasteiger partial charge in [0.05, 0.1) is 6.61 Å². The molecule has 10 heavy (non-hydrogen) atoms. The van der Waals surface area contributed by atoms with Crippen LogP contribution in [0.4, 0.5) is 0 Å². The van der Waals surface area contributed by atoms with Crippen molar-refractivity contribution in [3.8, 4) is 0 Å². The Morgan fingerprint density at radius 2 is 2.40 bits per heavy atom. The van der Waals surface area contributed by atoms with E-state index in [-0.39, 0.29) is 5.97 Å². The fraction of sp³-hybridized carbons (Fsp3) is 0.625. The highest BCUT2D eigenvalue weighted by atomic mass is 16.5. The third-order valence-electron chi connectivity index (χ3n) is 1.00. The predicted molar refractivity (Wildman–Crippen MR) is 39.4 cm³/mol. The fourth-order valence-electron chi connectivity index (χ4n) is 0.477. The molecule has 2 nitrogen and oxygen atoms in total. The number of unbranched alkanes of at least 4 members (excludes halogenated alkanes) is 1. The van der Waals surface area contributed by atoms with Crippen molar-refractivity contribution >= 4 is 5.97 Å². The molecule has 0 saturated carbocycles. The molecule has 0 aromatic rings. The number of carbonyl (C=O) groups excluding carboxylic acids is 1. The van der Waals surface area contributed by atoms with Crippen molar-refractivity contribution in [2.75, 3.05) is 6.61 Å². The zero-order chi connectivity index (χ0) is 7.82. The summed E-state index contributed by atoms with van der Waals surface area (Å²) in [5.74, 6) is -0.295. The topological polar surface area (TPSA) is 26.3 Å². The molecule has 0 N–H and O–H groups in total. The number of ether oxygens (including phenoxy) is 1. The standard InChI is InChI=1S/C8H13O2/c1-3-5-7-10-8(9)6-4-2/h6H,3,5,7H2,1-2H3. The van der Waals surface area contributed by atoms with Crippen LogP contribution in [0.3, 0.4) is 0 Å². The fourth-order valence-corrected chi connectivity index (χ4v) is 0.477. The molecule has 0 aliphatic carbocycles. The van der Waals surface area contributed by atoms with Crippen LogP contribution in [0.15, 0.2) is 6.08 Å². The lowest BCUT2D eigenvalue weighted by Crippen LogP contribution is -2.01. The van der Waals surface area contributed by atoms with Crippen LogP contribution in [0.1, 0.15) is 26.7 Å². The first-order chi connectivity index (χ1) is 4.81. The van der Waals surface area contributed by atoms with E-state index in [2.05, 4.69) is 13.0 Å². The minimum Gasteiger partial charge on any atom is -0.463 e. The lowest BCUT2D eigenvalue weighted by molar-refractivity contribution is -0.137. The highest BCUT2D eigenvalue weighted by molar-refractivity contribution is 5.81. The predicted octanol–water partition coefficient (Wildman–Crippen LogP) is 1.71. The van der Waals surface area contributed by atoms with E-state index in [0.717, 1.165) is 12.8 Å². The van der Waals surface area contributed by atoms with Gasteiger partial charge in [0, 0.05) is 6.08 Å². The molecular formula is C8H13O2. The smallest absolute Gasteiger partial charge is 0.331 e. The van der Waals surface area contributed by atoms with E-state index in [1.807, 2.05) is 0 Å². The highest BCUT2D eigenvalue weighted by Crippen LogP contribution is 1.88. The van der Waals surface area contributed by atoms with E-state index in [1.54, 1.807) is 6.92 Å². The Balaban J connectivity index is 3.22. The lowest BCUT2D eigenvalue weighted by atomic mass is 10.4. The van der Waals surface area contributed by atoms with Crippen LogP contribution >= 0.6 is 0 Å². The average Bonchev–Trinajstić information content (AvgIpc) is 1.89. The highest BCUT2D eigenvalue weighted by Gasteiger charge is 1.92. The third-order valence-corrected chi connectivity index (χ3v) is 1.00. The Bertz CT molecular complexity index is 116. The molecule has 0 aromatic carbocycles. The molecule has 0 aliphatic rings. The van der Waals surface area contributed by atoms with Crippen LogP contribution in [0, 0.1) is 6.08 Å². The number of rotatable bonds is 4. The zero-order valence-electron chi connectivity index (χ0n) is 6.52. The molecule has 0 saturated heterocycles. The molecule has 0 bridgehead atoms. The van der Waals surface area contributed by atoms with Gasteiger partial charge in [0.1, 0.15) is 0 Å². The van der Waals surface area contributed by atoms with Crippen molar-refractivity contribution in [2.45, 2.75) is 26.7 Å². The van der Waals surface area contributed by atoms with Gasteiger partial charge in [-0.25, -0.2) is 4.79 Å². The molecule has 0 aliphatic heterocycles. The second-order valence-corrected chi connectivity index (χ2v) is 1.95. The van der Waals surface area contributed by atoms with Crippen LogP contribution in [0.5, 0.6) is 0 Å². The van der Waals surface area contributed by atoms with Crippen molar-refractivity contribution in [3.63, 3.8) is 0 Å². The minimum absolute atomic E-state index is 0.295. The maximum Gasteiger partial charge on any atom is 0.331 e. The van der Waals surface area contributed by atoms with Gasteiger partial charge in [-0.1, -0.05) is 13.3 Å². The van der Waals surface area contributed by atoms with Crippen LogP contribution in [-0.2, 0) is 9.53 Å². The van der Waals surface area contributed by atoms with Crippen LogP contribution < -0.4 is 0 Å². The summed E-state index contributed by atoms with van der Waals surface area (Å²) < 4.78 is 4.77. The largest absolute Gasteiger partial charge is 0.463 e. The van der Waals surface area contributed by atoms with Gasteiger partial charge in [0.25, 0.3) is 0 Å². The summed E-state index contributed by atoms with van der Waals surface area (Å²) in [5, 5.41) is 0. The first-order valence-electron chi connectivity index (χ1n) is 3.48. The average molecular weight is 141 g/mol. The van der Waals surface area contributed by atoms with Crippen molar-refractivity contribution in [1.29, 1.82) is 0 Å². The second kappa shape index (κ2) is 6.33. The van der Waals surface area contributed by atoms with Gasteiger partial charge < -0.3 is 4.74 Å². The summed E-state index contributed by atoms with van der Waals surface area (Å²) in [6.07, 6.45) is 5.88. The molecule has 57 valence electrons. The molecule has 0 rings (SSSR count). The van der Waals surface area contributed by atoms with E-state index in [0.29, 0.717) is 6.61 Å². The SMILES string of the molecule is C[C]=CC(=O)OCCCC. The van der Waals surface area contributed by atoms with E-state index in [1.165, 1.54) is 6.08 Å². The zero-order valence-corrected chi connectivity index (χ0v) is 6.52. The summed E-state index contributed by atoms with van der Waals surface area (Å²) in [7, 11) is 0. The summed E-state index contributed by atoms with van der Waals surface area (Å²) in [4.78, 5) is 10.6. The van der Waals surface area contributed by atoms with Gasteiger partial charge in [0.2, 0.25) is 0 Å². The van der Waals surface area contributed by atoms with Crippen LogP contribution in [0.25, 0.3) is 0 Å². The normalized spacial score (nSPS) is 10.2. The summed E-state index contributed by atoms with van der Waals surface area (Å²) in [5.41, 5.74) is 0. The maximum absolute atomic E-state index is 10.6. The molecule has 0 amide bonds. The number of allylic oxidation sites excluding steroid dienone is 1. The quantitative estimate of drug-likeness (QED) is 0.338. The Morgan fingerprint density at radius 1 is 1.70 bits per heavy atom. The maximum atomic E-state index is 10.6. The monoisotopic (exact) mass is 141 g/mol. The van der Waals surface area contributed by atoms with Gasteiger partial charge in [-0.05, 0) is 19.4 Å². The minimum atomic E-state index is -0.295. The van der Waals surface area contributed by atoms with Crippen molar-refractivity contribution in [2.24, 2.45) is 0 Å². The molecule has 0 heterocycles. The summed E-state index contributed by atoms with van der Waals surface area (Å²) >= 11 is 0. The molecule has 2 heteroatoms. The molecule has 0 fully saturated rings. The first kappa shape index (κ1) is 9.21. The molecule has 1 radical (unpaired) electrons. The first-order valence-corrected chi connectivity index (χ1v) is 3.48. The Labute approximate surface area is 61.9 Å². The third kappa shape index (κ3) is 5.35. The van der Waals surface area contributed by atoms with Crippen LogP contribution in [0.2, 0.25) is 0 Å². The number of esters is 1. The summed E-state index contributed by atoms with van der Waals surface area (Å²) in [6.45, 7) is 4.24. The Hall–Kier alpha value is -0.790. The number of carbonyl (C=O) groups is 1. The van der Waals surface area contributed by atoms with E-state index < -0.39 is 0 Å². The van der Waals surface area contributed by atoms with Crippen molar-refractivity contribution in [1.82, 2.24) is 0 Å². The van der Waals surface area contributed by atoms with Gasteiger partial charge >= 0.3 is 5.97 Å². The second-order valence-electron chi connectivity index (χ2n) is 1.95. The van der Waals surface area contributed by atoms with Gasteiger partial charge in [-0.15, -0.1) is 0 Å². The van der Waals surface area contributed by atoms with E-state index >= 15 is 0 Å². The van der Waals surface area contributed by atoms with Crippen molar-refractivity contribution < 1.29 is 9.53 Å². The number of hydrogen-bond acceptors (Lipinski definition) is 2. The summed E-state index contributed by atoms with van der Waals surface area (Å²) in [6, 6.07) is 0. The molecule has 0 atom stereocenters. The van der Waals surface area contributed by atoms with Gasteiger partial charge in [-0.3, -0.25) is 0 Å². The van der Waals surface area contributed by atoms with Gasteiger partial charge in [-0.2, -0.15) is 0 Å².